The molecule has 0 spiro atoms. The molecular weight excluding hydrogens is 497 g/mol. The molecule has 0 fully saturated rings. The average molecular weight is 523 g/mol. The number of benzene rings is 3. The van der Waals surface area contributed by atoms with Gasteiger partial charge in [0.15, 0.2) is 11.5 Å². The van der Waals surface area contributed by atoms with E-state index in [4.69, 9.17) is 26.0 Å². The maximum atomic E-state index is 13.8. The predicted octanol–water partition coefficient (Wildman–Crippen LogP) is 5.79. The number of methoxy groups -OCH3 is 3. The zero-order chi connectivity index (χ0) is 26.3. The second-order valence-corrected chi connectivity index (χ2v) is 7.98. The number of rotatable bonds is 10. The summed E-state index contributed by atoms with van der Waals surface area (Å²) in [6.45, 7) is 0.157. The van der Waals surface area contributed by atoms with Crippen LogP contribution in [0.1, 0.15) is 22.7 Å². The van der Waals surface area contributed by atoms with Crippen LogP contribution >= 0.6 is 11.8 Å². The van der Waals surface area contributed by atoms with Gasteiger partial charge in [-0.3, -0.25) is 4.79 Å². The fourth-order valence-electron chi connectivity index (χ4n) is 3.76. The first-order valence-electron chi connectivity index (χ1n) is 10.9. The minimum Gasteiger partial charge on any atom is -0.496 e. The van der Waals surface area contributed by atoms with Gasteiger partial charge in [0.1, 0.15) is 11.8 Å². The summed E-state index contributed by atoms with van der Waals surface area (Å²) in [5, 5.41) is 0. The summed E-state index contributed by atoms with van der Waals surface area (Å²) in [5.74, 6) is 0.968. The molecule has 0 heterocycles. The van der Waals surface area contributed by atoms with E-state index in [2.05, 4.69) is 4.84 Å². The largest absolute Gasteiger partial charge is 0.496 e. The summed E-state index contributed by atoms with van der Waals surface area (Å²) >= 11 is 6.04. The van der Waals surface area contributed by atoms with E-state index in [1.807, 2.05) is 0 Å². The van der Waals surface area contributed by atoms with Crippen LogP contribution in [0.25, 0.3) is 0 Å². The molecule has 3 rings (SSSR count). The van der Waals surface area contributed by atoms with Gasteiger partial charge in [-0.25, -0.2) is 4.84 Å². The van der Waals surface area contributed by atoms with E-state index in [1.165, 1.54) is 38.4 Å². The molecule has 0 unspecified atom stereocenters. The molecule has 3 aromatic carbocycles. The van der Waals surface area contributed by atoms with Crippen molar-refractivity contribution in [1.82, 2.24) is 4.84 Å². The fourth-order valence-corrected chi connectivity index (χ4v) is 3.97. The molecule has 1 amide bonds. The number of nitrogens with one attached hydrogen (secondary N) is 1. The Morgan fingerprint density at radius 3 is 2.14 bits per heavy atom. The molecule has 0 radical (unpaired) electrons. The van der Waals surface area contributed by atoms with Crippen molar-refractivity contribution in [2.24, 2.45) is 0 Å². The van der Waals surface area contributed by atoms with Crippen LogP contribution < -0.4 is 23.9 Å². The number of para-hydroxylation sites is 1. The van der Waals surface area contributed by atoms with Gasteiger partial charge in [-0.1, -0.05) is 30.3 Å². The van der Waals surface area contributed by atoms with Crippen LogP contribution in [0.4, 0.5) is 18.9 Å². The Morgan fingerprint density at radius 2 is 1.56 bits per heavy atom. The van der Waals surface area contributed by atoms with Crippen molar-refractivity contribution < 1.29 is 32.2 Å². The van der Waals surface area contributed by atoms with Crippen LogP contribution in [0.2, 0.25) is 0 Å². The normalized spacial score (nSPS) is 12.1. The highest BCUT2D eigenvalue weighted by atomic mass is 35.5. The molecule has 10 heteroatoms. The Bertz CT molecular complexity index is 1170. The van der Waals surface area contributed by atoms with Gasteiger partial charge >= 0.3 is 6.18 Å². The van der Waals surface area contributed by atoms with Crippen LogP contribution in [-0.2, 0) is 17.4 Å². The van der Waals surface area contributed by atoms with Crippen molar-refractivity contribution >= 4 is 23.4 Å². The zero-order valence-electron chi connectivity index (χ0n) is 19.9. The van der Waals surface area contributed by atoms with E-state index in [9.17, 15) is 18.0 Å². The smallest absolute Gasteiger partial charge is 0.416 e. The molecule has 0 saturated carbocycles. The van der Waals surface area contributed by atoms with Crippen molar-refractivity contribution in [2.75, 3.05) is 32.8 Å². The monoisotopic (exact) mass is 522 g/mol. The van der Waals surface area contributed by atoms with Gasteiger partial charge < -0.3 is 19.1 Å². The number of hydrogen-bond donors (Lipinski definition) is 1. The molecule has 1 atom stereocenters. The summed E-state index contributed by atoms with van der Waals surface area (Å²) < 4.78 is 54.9. The SMILES string of the molecule is COc1ccc(N(CCc2ccc(C(F)(F)F)cc2)C(=O)[C@@H](NCl)c2ccccc2OC)cc1OC. The van der Waals surface area contributed by atoms with Gasteiger partial charge in [-0.05, 0) is 54.1 Å². The minimum absolute atomic E-state index is 0.157. The summed E-state index contributed by atoms with van der Waals surface area (Å²) in [5.41, 5.74) is 0.923. The van der Waals surface area contributed by atoms with E-state index < -0.39 is 23.7 Å². The lowest BCUT2D eigenvalue weighted by Crippen LogP contribution is -2.40. The number of ether oxygens (including phenoxy) is 3. The summed E-state index contributed by atoms with van der Waals surface area (Å²) in [6, 6.07) is 15.9. The first kappa shape index (κ1) is 27.2. The summed E-state index contributed by atoms with van der Waals surface area (Å²) in [6.07, 6.45) is -4.13. The number of alkyl halides is 3. The van der Waals surface area contributed by atoms with Crippen molar-refractivity contribution in [3.8, 4) is 17.2 Å². The van der Waals surface area contributed by atoms with Gasteiger partial charge in [-0.15, -0.1) is 0 Å². The number of amides is 1. The highest BCUT2D eigenvalue weighted by Crippen LogP contribution is 2.34. The second-order valence-electron chi connectivity index (χ2n) is 7.76. The van der Waals surface area contributed by atoms with E-state index >= 15 is 0 Å². The van der Waals surface area contributed by atoms with E-state index in [1.54, 1.807) is 42.5 Å². The maximum Gasteiger partial charge on any atom is 0.416 e. The zero-order valence-corrected chi connectivity index (χ0v) is 20.7. The highest BCUT2D eigenvalue weighted by molar-refractivity contribution is 6.16. The Morgan fingerprint density at radius 1 is 0.917 bits per heavy atom. The number of halogens is 4. The second kappa shape index (κ2) is 12.0. The van der Waals surface area contributed by atoms with Crippen molar-refractivity contribution in [3.05, 3.63) is 83.4 Å². The molecule has 36 heavy (non-hydrogen) atoms. The number of nitrogens with zero attached hydrogens (tertiary/aromatic N) is 1. The standard InChI is InChI=1S/C26H26ClF3N2O4/c1-34-21-7-5-4-6-20(21)24(31-27)25(33)32(19-12-13-22(35-2)23(16-19)36-3)15-14-17-8-10-18(11-9-17)26(28,29)30/h4-13,16,24,31H,14-15H2,1-3H3/t24-/m0/s1. The molecule has 0 aliphatic rings. The Balaban J connectivity index is 1.97. The van der Waals surface area contributed by atoms with E-state index in [0.29, 0.717) is 40.5 Å². The van der Waals surface area contributed by atoms with Crippen LogP contribution in [0.5, 0.6) is 17.2 Å². The van der Waals surface area contributed by atoms with Crippen LogP contribution in [0, 0.1) is 0 Å². The maximum absolute atomic E-state index is 13.8. The molecule has 0 saturated heterocycles. The molecule has 0 bridgehead atoms. The quantitative estimate of drug-likeness (QED) is 0.341. The molecule has 0 aromatic heterocycles. The minimum atomic E-state index is -4.42. The Hall–Kier alpha value is -3.43. The average Bonchev–Trinajstić information content (AvgIpc) is 2.89. The first-order chi connectivity index (χ1) is 17.2. The van der Waals surface area contributed by atoms with Crippen molar-refractivity contribution in [3.63, 3.8) is 0 Å². The molecule has 0 aliphatic heterocycles. The first-order valence-corrected chi connectivity index (χ1v) is 11.3. The van der Waals surface area contributed by atoms with Gasteiger partial charge in [0.05, 0.1) is 26.9 Å². The van der Waals surface area contributed by atoms with E-state index in [-0.39, 0.29) is 6.54 Å². The molecule has 0 aliphatic carbocycles. The van der Waals surface area contributed by atoms with Gasteiger partial charge in [0, 0.05) is 23.9 Å². The number of anilines is 1. The third-order valence-corrected chi connectivity index (χ3v) is 5.87. The van der Waals surface area contributed by atoms with Gasteiger partial charge in [-0.2, -0.15) is 13.2 Å². The van der Waals surface area contributed by atoms with Crippen LogP contribution in [0.3, 0.4) is 0 Å². The molecular formula is C26H26ClF3N2O4. The van der Waals surface area contributed by atoms with Crippen LogP contribution in [0.15, 0.2) is 66.7 Å². The highest BCUT2D eigenvalue weighted by Gasteiger charge is 2.31. The Labute approximate surface area is 212 Å². The van der Waals surface area contributed by atoms with Crippen LogP contribution in [-0.4, -0.2) is 33.8 Å². The molecule has 1 N–H and O–H groups in total. The molecule has 192 valence electrons. The third-order valence-electron chi connectivity index (χ3n) is 5.66. The van der Waals surface area contributed by atoms with Crippen molar-refractivity contribution in [2.45, 2.75) is 18.6 Å². The van der Waals surface area contributed by atoms with Crippen molar-refractivity contribution in [1.29, 1.82) is 0 Å². The number of carbonyl (C=O) groups is 1. The predicted molar refractivity (Wildman–Crippen MR) is 132 cm³/mol. The number of hydrogen-bond acceptors (Lipinski definition) is 5. The molecule has 6 nitrogen and oxygen atoms in total. The van der Waals surface area contributed by atoms with Gasteiger partial charge in [0.2, 0.25) is 5.91 Å². The topological polar surface area (TPSA) is 60.0 Å². The summed E-state index contributed by atoms with van der Waals surface area (Å²) in [7, 11) is 4.47. The Kier molecular flexibility index (Phi) is 9.06. The lowest BCUT2D eigenvalue weighted by atomic mass is 10.0. The lowest BCUT2D eigenvalue weighted by Gasteiger charge is -2.28. The summed E-state index contributed by atoms with van der Waals surface area (Å²) in [4.78, 5) is 17.8. The van der Waals surface area contributed by atoms with E-state index in [0.717, 1.165) is 12.1 Å². The fraction of sp³-hybridized carbons (Fsp3) is 0.269. The third kappa shape index (κ3) is 6.22. The molecule has 3 aromatic rings. The lowest BCUT2D eigenvalue weighted by molar-refractivity contribution is -0.137. The van der Waals surface area contributed by atoms with Gasteiger partial charge in [0.25, 0.3) is 0 Å². The number of carbonyl (C=O) groups excluding carboxylic acids is 1.